The van der Waals surface area contributed by atoms with Crippen LogP contribution in [0.15, 0.2) is 18.2 Å². The van der Waals surface area contributed by atoms with Crippen LogP contribution >= 0.6 is 0 Å². The Balaban J connectivity index is 2.52. The van der Waals surface area contributed by atoms with Gasteiger partial charge in [-0.25, -0.2) is 4.39 Å². The second kappa shape index (κ2) is 7.47. The predicted octanol–water partition coefficient (Wildman–Crippen LogP) is 1.52. The maximum Gasteiger partial charge on any atom is 0.255 e. The van der Waals surface area contributed by atoms with Crippen LogP contribution in [0.25, 0.3) is 0 Å². The van der Waals surface area contributed by atoms with Gasteiger partial charge in [-0.1, -0.05) is 0 Å². The molecule has 5 nitrogen and oxygen atoms in total. The van der Waals surface area contributed by atoms with E-state index in [1.165, 1.54) is 0 Å². The Morgan fingerprint density at radius 3 is 2.55 bits per heavy atom. The minimum Gasteiger partial charge on any atom is -0.507 e. The van der Waals surface area contributed by atoms with E-state index < -0.39 is 11.7 Å². The summed E-state index contributed by atoms with van der Waals surface area (Å²) in [4.78, 5) is 25.1. The molecule has 0 radical (unpaired) electrons. The Morgan fingerprint density at radius 2 is 1.95 bits per heavy atom. The fourth-order valence-electron chi connectivity index (χ4n) is 1.80. The van der Waals surface area contributed by atoms with Crippen LogP contribution in [-0.2, 0) is 4.79 Å². The van der Waals surface area contributed by atoms with Crippen molar-refractivity contribution in [1.82, 2.24) is 10.2 Å². The second-order valence-corrected chi connectivity index (χ2v) is 4.23. The van der Waals surface area contributed by atoms with Crippen molar-refractivity contribution in [1.29, 1.82) is 0 Å². The molecule has 0 heterocycles. The minimum absolute atomic E-state index is 0.0567. The van der Waals surface area contributed by atoms with Crippen molar-refractivity contribution in [2.24, 2.45) is 0 Å². The molecule has 6 heteroatoms. The van der Waals surface area contributed by atoms with E-state index in [9.17, 15) is 19.1 Å². The van der Waals surface area contributed by atoms with Crippen LogP contribution in [0.1, 0.15) is 30.6 Å². The van der Waals surface area contributed by atoms with Crippen LogP contribution in [0.5, 0.6) is 5.75 Å². The van der Waals surface area contributed by atoms with Gasteiger partial charge in [-0.2, -0.15) is 0 Å². The highest BCUT2D eigenvalue weighted by Gasteiger charge is 2.13. The topological polar surface area (TPSA) is 69.6 Å². The number of nitrogens with zero attached hydrogens (tertiary/aromatic N) is 1. The van der Waals surface area contributed by atoms with Gasteiger partial charge < -0.3 is 15.3 Å². The number of phenols is 1. The summed E-state index contributed by atoms with van der Waals surface area (Å²) in [6, 6.07) is 3.14. The standard InChI is InChI=1S/C14H19FN2O3/c1-3-17(4-2)13(19)7-8-16-14(20)11-9-10(15)5-6-12(11)18/h5-6,9,18H,3-4,7-8H2,1-2H3,(H,16,20). The molecule has 0 bridgehead atoms. The smallest absolute Gasteiger partial charge is 0.255 e. The number of halogens is 1. The fraction of sp³-hybridized carbons (Fsp3) is 0.429. The largest absolute Gasteiger partial charge is 0.507 e. The van der Waals surface area contributed by atoms with Gasteiger partial charge in [0.05, 0.1) is 5.56 Å². The van der Waals surface area contributed by atoms with E-state index in [0.717, 1.165) is 18.2 Å². The predicted molar refractivity (Wildman–Crippen MR) is 72.9 cm³/mol. The summed E-state index contributed by atoms with van der Waals surface area (Å²) in [5.41, 5.74) is -0.139. The Morgan fingerprint density at radius 1 is 1.30 bits per heavy atom. The zero-order valence-corrected chi connectivity index (χ0v) is 11.6. The first-order valence-electron chi connectivity index (χ1n) is 6.54. The molecule has 0 fully saturated rings. The van der Waals surface area contributed by atoms with Gasteiger partial charge in [0.2, 0.25) is 5.91 Å². The lowest BCUT2D eigenvalue weighted by atomic mass is 10.2. The van der Waals surface area contributed by atoms with E-state index in [1.54, 1.807) is 4.90 Å². The Bertz CT molecular complexity index is 487. The van der Waals surface area contributed by atoms with Gasteiger partial charge in [0, 0.05) is 26.1 Å². The molecular formula is C14H19FN2O3. The molecule has 1 aromatic carbocycles. The number of hydrogen-bond acceptors (Lipinski definition) is 3. The maximum atomic E-state index is 13.0. The lowest BCUT2D eigenvalue weighted by molar-refractivity contribution is -0.130. The van der Waals surface area contributed by atoms with Gasteiger partial charge in [0.15, 0.2) is 0 Å². The molecule has 0 saturated heterocycles. The molecule has 1 rings (SSSR count). The molecule has 0 aliphatic rings. The summed E-state index contributed by atoms with van der Waals surface area (Å²) in [7, 11) is 0. The lowest BCUT2D eigenvalue weighted by Crippen LogP contribution is -2.34. The number of hydrogen-bond donors (Lipinski definition) is 2. The molecule has 0 aliphatic heterocycles. The third-order valence-electron chi connectivity index (χ3n) is 2.94. The number of aromatic hydroxyl groups is 1. The first-order valence-corrected chi connectivity index (χ1v) is 6.54. The molecule has 0 aliphatic carbocycles. The number of amides is 2. The van der Waals surface area contributed by atoms with Crippen LogP contribution in [0.4, 0.5) is 4.39 Å². The maximum absolute atomic E-state index is 13.0. The van der Waals surface area contributed by atoms with Gasteiger partial charge >= 0.3 is 0 Å². The van der Waals surface area contributed by atoms with Crippen molar-refractivity contribution in [3.8, 4) is 5.75 Å². The Kier molecular flexibility index (Phi) is 5.96. The van der Waals surface area contributed by atoms with Crippen LogP contribution in [0, 0.1) is 5.82 Å². The number of carbonyl (C=O) groups excluding carboxylic acids is 2. The molecule has 0 atom stereocenters. The average molecular weight is 282 g/mol. The summed E-state index contributed by atoms with van der Waals surface area (Å²) in [6.07, 6.45) is 0.170. The zero-order valence-electron chi connectivity index (χ0n) is 11.6. The van der Waals surface area contributed by atoms with E-state index in [1.807, 2.05) is 13.8 Å². The van der Waals surface area contributed by atoms with Crippen molar-refractivity contribution in [3.63, 3.8) is 0 Å². The Labute approximate surface area is 117 Å². The number of nitrogens with one attached hydrogen (secondary N) is 1. The van der Waals surface area contributed by atoms with Crippen molar-refractivity contribution in [3.05, 3.63) is 29.6 Å². The van der Waals surface area contributed by atoms with Gasteiger partial charge in [-0.3, -0.25) is 9.59 Å². The fourth-order valence-corrected chi connectivity index (χ4v) is 1.80. The molecular weight excluding hydrogens is 263 g/mol. The summed E-state index contributed by atoms with van der Waals surface area (Å²) in [6.45, 7) is 5.14. The average Bonchev–Trinajstić information content (AvgIpc) is 2.42. The molecule has 0 saturated carbocycles. The van der Waals surface area contributed by atoms with Crippen LogP contribution in [-0.4, -0.2) is 41.5 Å². The second-order valence-electron chi connectivity index (χ2n) is 4.23. The van der Waals surface area contributed by atoms with Gasteiger partial charge in [0.1, 0.15) is 11.6 Å². The SMILES string of the molecule is CCN(CC)C(=O)CCNC(=O)c1cc(F)ccc1O. The molecule has 0 spiro atoms. The van der Waals surface area contributed by atoms with E-state index in [2.05, 4.69) is 5.32 Å². The quantitative estimate of drug-likeness (QED) is 0.831. The van der Waals surface area contributed by atoms with Gasteiger partial charge in [0.25, 0.3) is 5.91 Å². The minimum atomic E-state index is -0.604. The van der Waals surface area contributed by atoms with Crippen LogP contribution in [0.2, 0.25) is 0 Å². The van der Waals surface area contributed by atoms with Crippen molar-refractivity contribution in [2.45, 2.75) is 20.3 Å². The molecule has 0 unspecified atom stereocenters. The third kappa shape index (κ3) is 4.22. The van der Waals surface area contributed by atoms with E-state index >= 15 is 0 Å². The van der Waals surface area contributed by atoms with Crippen molar-refractivity contribution in [2.75, 3.05) is 19.6 Å². The lowest BCUT2D eigenvalue weighted by Gasteiger charge is -2.18. The summed E-state index contributed by atoms with van der Waals surface area (Å²) >= 11 is 0. The van der Waals surface area contributed by atoms with Crippen LogP contribution < -0.4 is 5.32 Å². The molecule has 2 N–H and O–H groups in total. The monoisotopic (exact) mass is 282 g/mol. The van der Waals surface area contributed by atoms with E-state index in [4.69, 9.17) is 0 Å². The third-order valence-corrected chi connectivity index (χ3v) is 2.94. The van der Waals surface area contributed by atoms with E-state index in [-0.39, 0.29) is 30.2 Å². The number of phenolic OH excluding ortho intramolecular Hbond substituents is 1. The highest BCUT2D eigenvalue weighted by atomic mass is 19.1. The summed E-state index contributed by atoms with van der Waals surface area (Å²) in [5, 5.41) is 12.0. The molecule has 2 amide bonds. The van der Waals surface area contributed by atoms with Crippen molar-refractivity contribution >= 4 is 11.8 Å². The molecule has 0 aromatic heterocycles. The van der Waals surface area contributed by atoms with Crippen LogP contribution in [0.3, 0.4) is 0 Å². The molecule has 1 aromatic rings. The number of rotatable bonds is 6. The summed E-state index contributed by atoms with van der Waals surface area (Å²) < 4.78 is 13.0. The van der Waals surface area contributed by atoms with Crippen molar-refractivity contribution < 1.29 is 19.1 Å². The highest BCUT2D eigenvalue weighted by Crippen LogP contribution is 2.17. The normalized spacial score (nSPS) is 10.2. The van der Waals surface area contributed by atoms with E-state index in [0.29, 0.717) is 13.1 Å². The summed E-state index contributed by atoms with van der Waals surface area (Å²) in [5.74, 6) is -1.56. The Hall–Kier alpha value is -2.11. The molecule has 110 valence electrons. The van der Waals surface area contributed by atoms with Gasteiger partial charge in [-0.05, 0) is 32.0 Å². The highest BCUT2D eigenvalue weighted by molar-refractivity contribution is 5.97. The number of benzene rings is 1. The molecule has 20 heavy (non-hydrogen) atoms. The van der Waals surface area contributed by atoms with Gasteiger partial charge in [-0.15, -0.1) is 0 Å². The zero-order chi connectivity index (χ0) is 15.1. The first kappa shape index (κ1) is 15.9. The number of carbonyl (C=O) groups is 2. The first-order chi connectivity index (χ1) is 9.49.